The highest BCUT2D eigenvalue weighted by molar-refractivity contribution is 6.05. The number of aryl methyl sites for hydroxylation is 2. The van der Waals surface area contributed by atoms with Gasteiger partial charge < -0.3 is 10.0 Å². The molecule has 24 heavy (non-hydrogen) atoms. The number of nitrogens with zero attached hydrogens (tertiary/aromatic N) is 3. The van der Waals surface area contributed by atoms with E-state index in [2.05, 4.69) is 15.2 Å². The summed E-state index contributed by atoms with van der Waals surface area (Å²) in [6.45, 7) is 4.51. The van der Waals surface area contributed by atoms with Gasteiger partial charge in [-0.25, -0.2) is 0 Å². The van der Waals surface area contributed by atoms with Crippen molar-refractivity contribution >= 4 is 16.8 Å². The number of aromatic nitrogens is 3. The molecule has 0 radical (unpaired) electrons. The first-order valence-electron chi connectivity index (χ1n) is 7.83. The zero-order valence-corrected chi connectivity index (χ0v) is 13.8. The van der Waals surface area contributed by atoms with Gasteiger partial charge >= 0.3 is 0 Å². The van der Waals surface area contributed by atoms with Gasteiger partial charge in [-0.3, -0.25) is 14.9 Å². The van der Waals surface area contributed by atoms with Crippen LogP contribution in [0.1, 0.15) is 27.0 Å². The quantitative estimate of drug-likeness (QED) is 0.754. The molecule has 0 bridgehead atoms. The summed E-state index contributed by atoms with van der Waals surface area (Å²) in [5, 5.41) is 17.2. The van der Waals surface area contributed by atoms with Crippen molar-refractivity contribution in [1.82, 2.24) is 20.1 Å². The van der Waals surface area contributed by atoms with E-state index < -0.39 is 0 Å². The van der Waals surface area contributed by atoms with Crippen LogP contribution in [-0.2, 0) is 6.54 Å². The van der Waals surface area contributed by atoms with E-state index in [0.29, 0.717) is 12.1 Å². The molecular weight excluding hydrogens is 304 g/mol. The van der Waals surface area contributed by atoms with Crippen LogP contribution in [0.4, 0.5) is 0 Å². The highest BCUT2D eigenvalue weighted by Gasteiger charge is 2.20. The summed E-state index contributed by atoms with van der Waals surface area (Å²) in [4.78, 5) is 18.8. The maximum absolute atomic E-state index is 13.1. The maximum Gasteiger partial charge on any atom is 0.256 e. The molecule has 6 nitrogen and oxygen atoms in total. The van der Waals surface area contributed by atoms with Crippen LogP contribution in [0, 0.1) is 13.8 Å². The van der Waals surface area contributed by atoms with E-state index >= 15 is 0 Å². The largest absolute Gasteiger partial charge is 0.395 e. The fraction of sp³-hybridized carbons (Fsp3) is 0.278. The normalized spacial score (nSPS) is 11.0. The molecule has 0 spiro atoms. The van der Waals surface area contributed by atoms with Gasteiger partial charge in [0, 0.05) is 30.9 Å². The van der Waals surface area contributed by atoms with Gasteiger partial charge in [-0.15, -0.1) is 0 Å². The molecule has 0 aliphatic rings. The minimum Gasteiger partial charge on any atom is -0.395 e. The highest BCUT2D eigenvalue weighted by atomic mass is 16.3. The Hall–Kier alpha value is -2.73. The summed E-state index contributed by atoms with van der Waals surface area (Å²) < 4.78 is 0. The number of hydrogen-bond donors (Lipinski definition) is 2. The van der Waals surface area contributed by atoms with Gasteiger partial charge in [0.05, 0.1) is 23.9 Å². The van der Waals surface area contributed by atoms with Gasteiger partial charge in [-0.1, -0.05) is 0 Å². The van der Waals surface area contributed by atoms with Gasteiger partial charge in [0.25, 0.3) is 5.91 Å². The van der Waals surface area contributed by atoms with Crippen LogP contribution in [-0.4, -0.2) is 44.2 Å². The molecule has 0 saturated carbocycles. The Kier molecular flexibility index (Phi) is 4.57. The summed E-state index contributed by atoms with van der Waals surface area (Å²) in [5.41, 5.74) is 4.31. The number of hydrogen-bond acceptors (Lipinski definition) is 4. The number of aromatic amines is 1. The third-order valence-electron chi connectivity index (χ3n) is 4.09. The van der Waals surface area contributed by atoms with Crippen molar-refractivity contribution in [2.24, 2.45) is 0 Å². The minimum absolute atomic E-state index is 0.0943. The summed E-state index contributed by atoms with van der Waals surface area (Å²) in [6, 6.07) is 5.75. The monoisotopic (exact) mass is 324 g/mol. The fourth-order valence-electron chi connectivity index (χ4n) is 2.79. The van der Waals surface area contributed by atoms with E-state index in [0.717, 1.165) is 27.6 Å². The van der Waals surface area contributed by atoms with Crippen molar-refractivity contribution in [2.45, 2.75) is 20.4 Å². The molecule has 3 rings (SSSR count). The average molecular weight is 324 g/mol. The highest BCUT2D eigenvalue weighted by Crippen LogP contribution is 2.21. The van der Waals surface area contributed by atoms with Crippen LogP contribution in [0.25, 0.3) is 10.9 Å². The molecule has 0 unspecified atom stereocenters. The van der Waals surface area contributed by atoms with Gasteiger partial charge in [-0.05, 0) is 48.7 Å². The molecule has 0 saturated heterocycles. The number of aliphatic hydroxyl groups is 1. The number of nitrogens with one attached hydrogen (secondary N) is 1. The number of H-pyrrole nitrogens is 1. The second-order valence-electron chi connectivity index (χ2n) is 5.90. The van der Waals surface area contributed by atoms with Crippen LogP contribution in [0.2, 0.25) is 0 Å². The molecule has 2 heterocycles. The van der Waals surface area contributed by atoms with E-state index in [4.69, 9.17) is 0 Å². The third-order valence-corrected chi connectivity index (χ3v) is 4.09. The molecule has 3 aromatic rings. The predicted molar refractivity (Wildman–Crippen MR) is 91.6 cm³/mol. The van der Waals surface area contributed by atoms with Gasteiger partial charge in [-0.2, -0.15) is 5.10 Å². The molecular formula is C18H20N4O2. The zero-order valence-electron chi connectivity index (χ0n) is 13.8. The molecule has 6 heteroatoms. The predicted octanol–water partition coefficient (Wildman–Crippen LogP) is 2.21. The molecule has 1 aromatic carbocycles. The Labute approximate surface area is 140 Å². The zero-order chi connectivity index (χ0) is 17.1. The van der Waals surface area contributed by atoms with Crippen LogP contribution in [0.15, 0.2) is 36.8 Å². The Balaban J connectivity index is 1.97. The van der Waals surface area contributed by atoms with E-state index in [1.807, 2.05) is 32.0 Å². The number of carbonyl (C=O) groups is 1. The van der Waals surface area contributed by atoms with Crippen molar-refractivity contribution in [3.63, 3.8) is 0 Å². The van der Waals surface area contributed by atoms with Crippen molar-refractivity contribution in [1.29, 1.82) is 0 Å². The molecule has 0 atom stereocenters. The lowest BCUT2D eigenvalue weighted by Crippen LogP contribution is -2.33. The lowest BCUT2D eigenvalue weighted by atomic mass is 10.1. The van der Waals surface area contributed by atoms with Crippen molar-refractivity contribution < 1.29 is 9.90 Å². The maximum atomic E-state index is 13.1. The lowest BCUT2D eigenvalue weighted by molar-refractivity contribution is 0.0709. The number of aliphatic hydroxyl groups excluding tert-OH is 1. The SMILES string of the molecule is Cc1cc(C(=O)N(CCO)Cc2cnccc2C)c2[nH]ncc2c1. The number of pyridine rings is 1. The van der Waals surface area contributed by atoms with E-state index in [-0.39, 0.29) is 19.1 Å². The molecule has 0 aliphatic carbocycles. The lowest BCUT2D eigenvalue weighted by Gasteiger charge is -2.23. The van der Waals surface area contributed by atoms with E-state index in [1.54, 1.807) is 23.5 Å². The summed E-state index contributed by atoms with van der Waals surface area (Å²) in [7, 11) is 0. The molecule has 2 N–H and O–H groups in total. The minimum atomic E-state index is -0.134. The van der Waals surface area contributed by atoms with Crippen LogP contribution in [0.5, 0.6) is 0 Å². The number of benzene rings is 1. The van der Waals surface area contributed by atoms with Gasteiger partial charge in [0.15, 0.2) is 0 Å². The van der Waals surface area contributed by atoms with E-state index in [9.17, 15) is 9.90 Å². The van der Waals surface area contributed by atoms with Crippen LogP contribution >= 0.6 is 0 Å². The van der Waals surface area contributed by atoms with Crippen molar-refractivity contribution in [3.8, 4) is 0 Å². The van der Waals surface area contributed by atoms with Crippen molar-refractivity contribution in [3.05, 3.63) is 59.0 Å². The summed E-state index contributed by atoms with van der Waals surface area (Å²) >= 11 is 0. The molecule has 0 aliphatic heterocycles. The van der Waals surface area contributed by atoms with Crippen LogP contribution < -0.4 is 0 Å². The van der Waals surface area contributed by atoms with Gasteiger partial charge in [0.1, 0.15) is 0 Å². The van der Waals surface area contributed by atoms with Gasteiger partial charge in [0.2, 0.25) is 0 Å². The van der Waals surface area contributed by atoms with E-state index in [1.165, 1.54) is 0 Å². The Morgan fingerprint density at radius 3 is 2.88 bits per heavy atom. The molecule has 2 aromatic heterocycles. The Morgan fingerprint density at radius 2 is 2.12 bits per heavy atom. The topological polar surface area (TPSA) is 82.1 Å². The third kappa shape index (κ3) is 3.14. The number of rotatable bonds is 5. The first kappa shape index (κ1) is 16.1. The van der Waals surface area contributed by atoms with Crippen molar-refractivity contribution in [2.75, 3.05) is 13.2 Å². The second-order valence-corrected chi connectivity index (χ2v) is 5.90. The Morgan fingerprint density at radius 1 is 1.29 bits per heavy atom. The first-order valence-corrected chi connectivity index (χ1v) is 7.83. The summed E-state index contributed by atoms with van der Waals surface area (Å²) in [5.74, 6) is -0.134. The number of fused-ring (bicyclic) bond motifs is 1. The average Bonchev–Trinajstić information content (AvgIpc) is 3.03. The Bertz CT molecular complexity index is 872. The first-order chi connectivity index (χ1) is 11.6. The number of amides is 1. The fourth-order valence-corrected chi connectivity index (χ4v) is 2.79. The molecule has 1 amide bonds. The molecule has 0 fully saturated rings. The summed E-state index contributed by atoms with van der Waals surface area (Å²) in [6.07, 6.45) is 5.20. The van der Waals surface area contributed by atoms with Crippen LogP contribution in [0.3, 0.4) is 0 Å². The molecule has 124 valence electrons. The second kappa shape index (κ2) is 6.80. The smallest absolute Gasteiger partial charge is 0.256 e. The standard InChI is InChI=1S/C18H20N4O2/c1-12-7-14-10-20-21-17(14)16(8-12)18(24)22(5-6-23)11-15-9-19-4-3-13(15)2/h3-4,7-10,23H,5-6,11H2,1-2H3,(H,20,21). The number of carbonyl (C=O) groups excluding carboxylic acids is 1.